The number of amides is 1. The molecule has 0 atom stereocenters. The SMILES string of the molecule is CC/C(=N/C(=O)OCC(C)C)c1ccccc1. The van der Waals surface area contributed by atoms with Gasteiger partial charge in [-0.3, -0.25) is 0 Å². The molecule has 0 heterocycles. The Hall–Kier alpha value is -1.64. The van der Waals surface area contributed by atoms with Crippen molar-refractivity contribution in [2.75, 3.05) is 6.61 Å². The fourth-order valence-corrected chi connectivity index (χ4v) is 1.36. The van der Waals surface area contributed by atoms with Crippen LogP contribution in [0.2, 0.25) is 0 Å². The molecule has 1 aromatic rings. The van der Waals surface area contributed by atoms with E-state index in [0.717, 1.165) is 11.3 Å². The molecule has 0 N–H and O–H groups in total. The van der Waals surface area contributed by atoms with Crippen LogP contribution in [0.4, 0.5) is 4.79 Å². The van der Waals surface area contributed by atoms with Gasteiger partial charge in [0, 0.05) is 0 Å². The maximum absolute atomic E-state index is 11.5. The molecular weight excluding hydrogens is 214 g/mol. The molecule has 0 saturated heterocycles. The van der Waals surface area contributed by atoms with Gasteiger partial charge in [-0.2, -0.15) is 4.99 Å². The number of rotatable bonds is 4. The normalized spacial score (nSPS) is 11.6. The third kappa shape index (κ3) is 4.81. The van der Waals surface area contributed by atoms with Gasteiger partial charge >= 0.3 is 6.09 Å². The highest BCUT2D eigenvalue weighted by atomic mass is 16.5. The van der Waals surface area contributed by atoms with Crippen molar-refractivity contribution in [2.45, 2.75) is 27.2 Å². The number of hydrogen-bond donors (Lipinski definition) is 0. The number of nitrogens with zero attached hydrogens (tertiary/aromatic N) is 1. The molecule has 92 valence electrons. The van der Waals surface area contributed by atoms with Gasteiger partial charge in [-0.05, 0) is 17.9 Å². The van der Waals surface area contributed by atoms with Crippen molar-refractivity contribution in [1.82, 2.24) is 0 Å². The van der Waals surface area contributed by atoms with Gasteiger partial charge < -0.3 is 4.74 Å². The smallest absolute Gasteiger partial charge is 0.433 e. The molecule has 0 unspecified atom stereocenters. The number of carbonyl (C=O) groups excluding carboxylic acids is 1. The first-order valence-electron chi connectivity index (χ1n) is 5.93. The molecule has 0 radical (unpaired) electrons. The molecular formula is C14H19NO2. The van der Waals surface area contributed by atoms with Crippen molar-refractivity contribution in [3.8, 4) is 0 Å². The minimum atomic E-state index is -0.501. The average molecular weight is 233 g/mol. The van der Waals surface area contributed by atoms with E-state index in [1.54, 1.807) is 0 Å². The Morgan fingerprint density at radius 3 is 2.47 bits per heavy atom. The van der Waals surface area contributed by atoms with Crippen LogP contribution in [0, 0.1) is 5.92 Å². The Kier molecular flexibility index (Phi) is 5.40. The van der Waals surface area contributed by atoms with Gasteiger partial charge in [0.1, 0.15) is 0 Å². The number of hydrogen-bond acceptors (Lipinski definition) is 2. The van der Waals surface area contributed by atoms with E-state index < -0.39 is 6.09 Å². The van der Waals surface area contributed by atoms with E-state index in [2.05, 4.69) is 4.99 Å². The number of carbonyl (C=O) groups is 1. The summed E-state index contributed by atoms with van der Waals surface area (Å²) in [4.78, 5) is 15.5. The third-order valence-corrected chi connectivity index (χ3v) is 2.21. The van der Waals surface area contributed by atoms with Gasteiger partial charge in [0.25, 0.3) is 0 Å². The Bertz CT molecular complexity index is 382. The van der Waals surface area contributed by atoms with E-state index in [-0.39, 0.29) is 0 Å². The minimum Gasteiger partial charge on any atom is -0.448 e. The highest BCUT2D eigenvalue weighted by Gasteiger charge is 2.06. The van der Waals surface area contributed by atoms with E-state index in [1.165, 1.54) is 0 Å². The predicted molar refractivity (Wildman–Crippen MR) is 69.5 cm³/mol. The second-order valence-corrected chi connectivity index (χ2v) is 4.25. The van der Waals surface area contributed by atoms with E-state index in [9.17, 15) is 4.79 Å². The fourth-order valence-electron chi connectivity index (χ4n) is 1.36. The van der Waals surface area contributed by atoms with Crippen molar-refractivity contribution in [1.29, 1.82) is 0 Å². The summed E-state index contributed by atoms with van der Waals surface area (Å²) in [6, 6.07) is 9.68. The van der Waals surface area contributed by atoms with Crippen molar-refractivity contribution in [2.24, 2.45) is 10.9 Å². The molecule has 3 heteroatoms. The van der Waals surface area contributed by atoms with Gasteiger partial charge in [-0.1, -0.05) is 51.1 Å². The third-order valence-electron chi connectivity index (χ3n) is 2.21. The van der Waals surface area contributed by atoms with E-state index >= 15 is 0 Å². The Balaban J connectivity index is 2.70. The molecule has 0 aliphatic carbocycles. The van der Waals surface area contributed by atoms with Crippen LogP contribution in [0.25, 0.3) is 0 Å². The van der Waals surface area contributed by atoms with E-state index in [0.29, 0.717) is 18.9 Å². The van der Waals surface area contributed by atoms with Crippen molar-refractivity contribution >= 4 is 11.8 Å². The van der Waals surface area contributed by atoms with Crippen LogP contribution in [-0.2, 0) is 4.74 Å². The number of ether oxygens (including phenoxy) is 1. The van der Waals surface area contributed by atoms with Gasteiger partial charge in [0.15, 0.2) is 0 Å². The lowest BCUT2D eigenvalue weighted by atomic mass is 10.1. The zero-order valence-electron chi connectivity index (χ0n) is 10.6. The summed E-state index contributed by atoms with van der Waals surface area (Å²) in [7, 11) is 0. The fraction of sp³-hybridized carbons (Fsp3) is 0.429. The Morgan fingerprint density at radius 2 is 1.94 bits per heavy atom. The topological polar surface area (TPSA) is 38.7 Å². The van der Waals surface area contributed by atoms with Crippen molar-refractivity contribution in [3.63, 3.8) is 0 Å². The van der Waals surface area contributed by atoms with Crippen LogP contribution < -0.4 is 0 Å². The standard InChI is InChI=1S/C14H19NO2/c1-4-13(12-8-6-5-7-9-12)15-14(16)17-10-11(2)3/h5-9,11H,4,10H2,1-3H3/b15-13-. The zero-order valence-corrected chi connectivity index (χ0v) is 10.6. The predicted octanol–water partition coefficient (Wildman–Crippen LogP) is 3.68. The average Bonchev–Trinajstić information content (AvgIpc) is 2.34. The molecule has 0 aliphatic heterocycles. The lowest BCUT2D eigenvalue weighted by Crippen LogP contribution is -2.09. The van der Waals surface area contributed by atoms with Gasteiger partial charge in [-0.25, -0.2) is 4.79 Å². The Morgan fingerprint density at radius 1 is 1.29 bits per heavy atom. The monoisotopic (exact) mass is 233 g/mol. The molecule has 0 fully saturated rings. The minimum absolute atomic E-state index is 0.330. The molecule has 1 amide bonds. The molecule has 3 nitrogen and oxygen atoms in total. The van der Waals surface area contributed by atoms with Crippen LogP contribution in [0.3, 0.4) is 0 Å². The molecule has 1 aromatic carbocycles. The molecule has 1 rings (SSSR count). The first-order valence-corrected chi connectivity index (χ1v) is 5.93. The molecule has 0 spiro atoms. The van der Waals surface area contributed by atoms with E-state index in [4.69, 9.17) is 4.74 Å². The van der Waals surface area contributed by atoms with Crippen LogP contribution in [0.15, 0.2) is 35.3 Å². The van der Waals surface area contributed by atoms with Gasteiger partial charge in [-0.15, -0.1) is 0 Å². The summed E-state index contributed by atoms with van der Waals surface area (Å²) in [6.07, 6.45) is 0.209. The molecule has 0 aromatic heterocycles. The lowest BCUT2D eigenvalue weighted by molar-refractivity contribution is 0.143. The van der Waals surface area contributed by atoms with Crippen LogP contribution in [-0.4, -0.2) is 18.4 Å². The van der Waals surface area contributed by atoms with E-state index in [1.807, 2.05) is 51.1 Å². The number of aliphatic imine (C=N–C) groups is 1. The first kappa shape index (κ1) is 13.4. The second-order valence-electron chi connectivity index (χ2n) is 4.25. The summed E-state index contributed by atoms with van der Waals surface area (Å²) in [5.41, 5.74) is 1.73. The van der Waals surface area contributed by atoms with Gasteiger partial charge in [0.2, 0.25) is 0 Å². The summed E-state index contributed by atoms with van der Waals surface area (Å²) >= 11 is 0. The van der Waals surface area contributed by atoms with Crippen molar-refractivity contribution < 1.29 is 9.53 Å². The number of benzene rings is 1. The maximum atomic E-state index is 11.5. The summed E-state index contributed by atoms with van der Waals surface area (Å²) in [5, 5.41) is 0. The second kappa shape index (κ2) is 6.84. The highest BCUT2D eigenvalue weighted by Crippen LogP contribution is 2.05. The summed E-state index contributed by atoms with van der Waals surface area (Å²) < 4.78 is 5.03. The maximum Gasteiger partial charge on any atom is 0.433 e. The summed E-state index contributed by atoms with van der Waals surface area (Å²) in [5.74, 6) is 0.330. The van der Waals surface area contributed by atoms with Gasteiger partial charge in [0.05, 0.1) is 12.3 Å². The Labute approximate surface area is 103 Å². The molecule has 17 heavy (non-hydrogen) atoms. The largest absolute Gasteiger partial charge is 0.448 e. The van der Waals surface area contributed by atoms with Crippen LogP contribution in [0.5, 0.6) is 0 Å². The molecule has 0 aliphatic rings. The molecule has 0 bridgehead atoms. The zero-order chi connectivity index (χ0) is 12.7. The van der Waals surface area contributed by atoms with Crippen LogP contribution >= 0.6 is 0 Å². The first-order chi connectivity index (χ1) is 8.13. The molecule has 0 saturated carbocycles. The van der Waals surface area contributed by atoms with Crippen molar-refractivity contribution in [3.05, 3.63) is 35.9 Å². The summed E-state index contributed by atoms with van der Waals surface area (Å²) in [6.45, 7) is 6.37. The highest BCUT2D eigenvalue weighted by molar-refractivity contribution is 6.05. The quantitative estimate of drug-likeness (QED) is 0.744. The lowest BCUT2D eigenvalue weighted by Gasteiger charge is -2.06. The van der Waals surface area contributed by atoms with Crippen LogP contribution in [0.1, 0.15) is 32.8 Å².